The Bertz CT molecular complexity index is 1160. The minimum absolute atomic E-state index is 0.142. The molecule has 0 fully saturated rings. The number of rotatable bonds is 4. The van der Waals surface area contributed by atoms with Crippen LogP contribution in [0.15, 0.2) is 70.5 Å². The van der Waals surface area contributed by atoms with Gasteiger partial charge in [0, 0.05) is 65.3 Å². The first-order valence-corrected chi connectivity index (χ1v) is 11.7. The lowest BCUT2D eigenvalue weighted by Crippen LogP contribution is -2.22. The van der Waals surface area contributed by atoms with Crippen molar-refractivity contribution >= 4 is 26.9 Å². The third-order valence-corrected chi connectivity index (χ3v) is 7.84. The molecule has 0 amide bonds. The van der Waals surface area contributed by atoms with Gasteiger partial charge in [0.05, 0.1) is 9.79 Å². The predicted molar refractivity (Wildman–Crippen MR) is 129 cm³/mol. The van der Waals surface area contributed by atoms with Crippen LogP contribution >= 0.6 is 0 Å². The Morgan fingerprint density at radius 3 is 1.35 bits per heavy atom. The van der Waals surface area contributed by atoms with Gasteiger partial charge in [0.1, 0.15) is 0 Å². The second-order valence-electron chi connectivity index (χ2n) is 8.66. The molecule has 0 N–H and O–H groups in total. The second kappa shape index (κ2) is 7.61. The normalized spacial score (nSPS) is 14.5. The molecule has 3 aromatic rings. The van der Waals surface area contributed by atoms with Crippen molar-refractivity contribution < 1.29 is 8.42 Å². The Hall–Kier alpha value is -2.99. The highest BCUT2D eigenvalue weighted by atomic mass is 32.2. The van der Waals surface area contributed by atoms with E-state index in [0.717, 1.165) is 33.8 Å². The largest absolute Gasteiger partial charge is 0.378 e. The Morgan fingerprint density at radius 2 is 0.968 bits per heavy atom. The zero-order valence-electron chi connectivity index (χ0n) is 18.9. The first kappa shape index (κ1) is 21.2. The SMILES string of the molecule is CN(C)c1ccc(C2c3ccc(N(C)C)cc3S(=O)(=O)c3cc(N(C)C)ccc32)cc1. The molecule has 162 valence electrons. The zero-order chi connectivity index (χ0) is 22.5. The standard InChI is InChI=1S/C25H29N3O2S/c1-26(2)18-9-7-17(8-10-18)25-21-13-11-19(27(3)4)15-23(21)31(29,30)24-16-20(28(5)6)12-14-22(24)25/h7-16,25H,1-6H3. The molecular weight excluding hydrogens is 406 g/mol. The maximum Gasteiger partial charge on any atom is 0.207 e. The summed E-state index contributed by atoms with van der Waals surface area (Å²) in [5.41, 5.74) is 5.59. The maximum absolute atomic E-state index is 13.7. The van der Waals surface area contributed by atoms with Crippen LogP contribution in [0.2, 0.25) is 0 Å². The molecule has 0 saturated heterocycles. The van der Waals surface area contributed by atoms with Crippen molar-refractivity contribution in [2.24, 2.45) is 0 Å². The smallest absolute Gasteiger partial charge is 0.207 e. The highest BCUT2D eigenvalue weighted by molar-refractivity contribution is 7.91. The van der Waals surface area contributed by atoms with Crippen LogP contribution in [0.25, 0.3) is 0 Å². The molecule has 0 unspecified atom stereocenters. The van der Waals surface area contributed by atoms with Crippen LogP contribution < -0.4 is 14.7 Å². The highest BCUT2D eigenvalue weighted by Crippen LogP contribution is 2.47. The summed E-state index contributed by atoms with van der Waals surface area (Å²) in [4.78, 5) is 6.71. The average Bonchev–Trinajstić information content (AvgIpc) is 2.73. The van der Waals surface area contributed by atoms with Crippen LogP contribution in [0.1, 0.15) is 22.6 Å². The maximum atomic E-state index is 13.7. The van der Waals surface area contributed by atoms with Gasteiger partial charge in [0.25, 0.3) is 0 Å². The number of hydrogen-bond donors (Lipinski definition) is 0. The van der Waals surface area contributed by atoms with E-state index in [9.17, 15) is 8.42 Å². The molecule has 0 bridgehead atoms. The Kier molecular flexibility index (Phi) is 5.21. The van der Waals surface area contributed by atoms with Crippen molar-refractivity contribution in [1.82, 2.24) is 0 Å². The van der Waals surface area contributed by atoms with E-state index in [1.165, 1.54) is 0 Å². The molecule has 0 aliphatic carbocycles. The van der Waals surface area contributed by atoms with Crippen molar-refractivity contribution in [3.8, 4) is 0 Å². The average molecular weight is 436 g/mol. The lowest BCUT2D eigenvalue weighted by atomic mass is 9.84. The lowest BCUT2D eigenvalue weighted by Gasteiger charge is -2.31. The zero-order valence-corrected chi connectivity index (χ0v) is 19.7. The van der Waals surface area contributed by atoms with Crippen LogP contribution in [0.3, 0.4) is 0 Å². The van der Waals surface area contributed by atoms with Crippen LogP contribution in [-0.2, 0) is 9.84 Å². The lowest BCUT2D eigenvalue weighted by molar-refractivity contribution is 0.589. The number of fused-ring (bicyclic) bond motifs is 2. The van der Waals surface area contributed by atoms with E-state index < -0.39 is 9.84 Å². The summed E-state index contributed by atoms with van der Waals surface area (Å²) in [6.07, 6.45) is 0. The van der Waals surface area contributed by atoms with Gasteiger partial charge < -0.3 is 14.7 Å². The highest BCUT2D eigenvalue weighted by Gasteiger charge is 2.37. The molecule has 3 aromatic carbocycles. The Labute approximate surface area is 185 Å². The summed E-state index contributed by atoms with van der Waals surface area (Å²) in [7, 11) is 8.08. The van der Waals surface area contributed by atoms with Gasteiger partial charge in [-0.15, -0.1) is 0 Å². The van der Waals surface area contributed by atoms with Crippen molar-refractivity contribution in [3.63, 3.8) is 0 Å². The fourth-order valence-electron chi connectivity index (χ4n) is 4.15. The topological polar surface area (TPSA) is 43.9 Å². The number of benzene rings is 3. The van der Waals surface area contributed by atoms with Crippen LogP contribution in [0.5, 0.6) is 0 Å². The molecule has 0 spiro atoms. The van der Waals surface area contributed by atoms with Crippen molar-refractivity contribution in [1.29, 1.82) is 0 Å². The molecule has 0 atom stereocenters. The first-order valence-electron chi connectivity index (χ1n) is 10.3. The number of hydrogen-bond acceptors (Lipinski definition) is 5. The van der Waals surface area contributed by atoms with Crippen LogP contribution in [-0.4, -0.2) is 50.7 Å². The summed E-state index contributed by atoms with van der Waals surface area (Å²) in [6.45, 7) is 0. The van der Waals surface area contributed by atoms with Gasteiger partial charge in [-0.1, -0.05) is 24.3 Å². The van der Waals surface area contributed by atoms with Gasteiger partial charge in [0.2, 0.25) is 9.84 Å². The van der Waals surface area contributed by atoms with Gasteiger partial charge in [-0.05, 0) is 53.1 Å². The molecule has 0 aromatic heterocycles. The Balaban J connectivity index is 2.00. The molecule has 6 heteroatoms. The van der Waals surface area contributed by atoms with Crippen molar-refractivity contribution in [2.45, 2.75) is 15.7 Å². The van der Waals surface area contributed by atoms with E-state index >= 15 is 0 Å². The fourth-order valence-corrected chi connectivity index (χ4v) is 5.94. The Morgan fingerprint density at radius 1 is 0.581 bits per heavy atom. The third-order valence-electron chi connectivity index (χ3n) is 5.97. The quantitative estimate of drug-likeness (QED) is 0.480. The molecule has 0 saturated carbocycles. The molecular formula is C25H29N3O2S. The van der Waals surface area contributed by atoms with Crippen molar-refractivity contribution in [2.75, 3.05) is 57.0 Å². The van der Waals surface area contributed by atoms with Crippen LogP contribution in [0, 0.1) is 0 Å². The third kappa shape index (κ3) is 3.55. The van der Waals surface area contributed by atoms with Crippen molar-refractivity contribution in [3.05, 3.63) is 77.4 Å². The van der Waals surface area contributed by atoms with E-state index in [4.69, 9.17) is 0 Å². The summed E-state index contributed by atoms with van der Waals surface area (Å²) < 4.78 is 27.4. The minimum atomic E-state index is -3.64. The van der Waals surface area contributed by atoms with E-state index in [2.05, 4.69) is 29.2 Å². The number of sulfone groups is 1. The van der Waals surface area contributed by atoms with Gasteiger partial charge in [-0.3, -0.25) is 0 Å². The fraction of sp³-hybridized carbons (Fsp3) is 0.280. The van der Waals surface area contributed by atoms with Gasteiger partial charge in [-0.25, -0.2) is 8.42 Å². The van der Waals surface area contributed by atoms with E-state index in [1.807, 2.05) is 76.4 Å². The molecule has 5 nitrogen and oxygen atoms in total. The molecule has 4 rings (SSSR count). The van der Waals surface area contributed by atoms with E-state index in [1.54, 1.807) is 12.1 Å². The molecule has 1 aliphatic heterocycles. The second-order valence-corrected chi connectivity index (χ2v) is 10.5. The van der Waals surface area contributed by atoms with Crippen LogP contribution in [0.4, 0.5) is 17.1 Å². The molecule has 31 heavy (non-hydrogen) atoms. The summed E-state index contributed by atoms with van der Waals surface area (Å²) in [5.74, 6) is -0.142. The number of nitrogens with zero attached hydrogens (tertiary/aromatic N) is 3. The van der Waals surface area contributed by atoms with E-state index in [-0.39, 0.29) is 5.92 Å². The predicted octanol–water partition coefficient (Wildman–Crippen LogP) is 4.21. The summed E-state index contributed by atoms with van der Waals surface area (Å²) in [6, 6.07) is 19.9. The van der Waals surface area contributed by atoms with Gasteiger partial charge in [-0.2, -0.15) is 0 Å². The van der Waals surface area contributed by atoms with E-state index in [0.29, 0.717) is 9.79 Å². The first-order chi connectivity index (χ1) is 14.6. The van der Waals surface area contributed by atoms with Gasteiger partial charge in [0.15, 0.2) is 0 Å². The minimum Gasteiger partial charge on any atom is -0.378 e. The molecule has 0 radical (unpaired) electrons. The summed E-state index contributed by atoms with van der Waals surface area (Å²) >= 11 is 0. The molecule has 1 heterocycles. The van der Waals surface area contributed by atoms with Gasteiger partial charge >= 0.3 is 0 Å². The summed E-state index contributed by atoms with van der Waals surface area (Å²) in [5, 5.41) is 0. The number of anilines is 3. The monoisotopic (exact) mass is 435 g/mol. The molecule has 1 aliphatic rings.